The molecule has 0 radical (unpaired) electrons. The predicted molar refractivity (Wildman–Crippen MR) is 179 cm³/mol. The Morgan fingerprint density at radius 2 is 1.30 bits per heavy atom. The molecule has 1 N–H and O–H groups in total. The first kappa shape index (κ1) is 43.3. The van der Waals surface area contributed by atoms with Gasteiger partial charge in [0.1, 0.15) is 19.6 Å². The SMILES string of the molecule is CCCCCCCCCCCCSCC(COP(=O)(O)OCC[N+](C)(C)C)OCCCCCCCCOC(=O)CC(=O)OC. The Kier molecular flexibility index (Phi) is 28.1. The van der Waals surface area contributed by atoms with E-state index >= 15 is 0 Å². The van der Waals surface area contributed by atoms with Gasteiger partial charge in [0.15, 0.2) is 0 Å². The standard InChI is InChI=1S/C32H64NO9PS/c1-6-7-8-9-10-11-12-15-18-21-26-44-29-30(28-42-43(36,37)41-25-22-33(2,3)4)39-23-19-16-13-14-17-20-24-40-32(35)27-31(34)38-5/h30H,6-29H2,1-5H3/p+1. The Balaban J connectivity index is 4.22. The normalized spacial score (nSPS) is 13.9. The summed E-state index contributed by atoms with van der Waals surface area (Å²) in [7, 11) is 3.09. The Morgan fingerprint density at radius 1 is 0.750 bits per heavy atom. The van der Waals surface area contributed by atoms with E-state index in [-0.39, 0.29) is 25.7 Å². The molecule has 0 fully saturated rings. The number of phosphoric acid groups is 1. The number of esters is 2. The lowest BCUT2D eigenvalue weighted by Crippen LogP contribution is -2.37. The molecule has 0 heterocycles. The highest BCUT2D eigenvalue weighted by atomic mass is 32.2. The van der Waals surface area contributed by atoms with E-state index in [1.165, 1.54) is 71.3 Å². The summed E-state index contributed by atoms with van der Waals surface area (Å²) in [6.07, 6.45) is 18.2. The number of hydrogen-bond acceptors (Lipinski definition) is 9. The minimum atomic E-state index is -4.13. The maximum absolute atomic E-state index is 12.4. The zero-order valence-electron chi connectivity index (χ0n) is 28.6. The van der Waals surface area contributed by atoms with Gasteiger partial charge in [-0.1, -0.05) is 90.4 Å². The third-order valence-electron chi connectivity index (χ3n) is 7.06. The molecule has 0 spiro atoms. The van der Waals surface area contributed by atoms with Crippen molar-refractivity contribution >= 4 is 31.5 Å². The van der Waals surface area contributed by atoms with Gasteiger partial charge in [-0.15, -0.1) is 0 Å². The van der Waals surface area contributed by atoms with E-state index < -0.39 is 19.8 Å². The summed E-state index contributed by atoms with van der Waals surface area (Å²) in [5.41, 5.74) is 0. The smallest absolute Gasteiger partial charge is 0.469 e. The van der Waals surface area contributed by atoms with Crippen LogP contribution >= 0.6 is 19.6 Å². The van der Waals surface area contributed by atoms with Crippen molar-refractivity contribution in [1.29, 1.82) is 0 Å². The maximum Gasteiger partial charge on any atom is 0.472 e. The second-order valence-corrected chi connectivity index (χ2v) is 15.1. The Hall–Kier alpha value is -0.680. The number of carbonyl (C=O) groups excluding carboxylic acids is 2. The highest BCUT2D eigenvalue weighted by Crippen LogP contribution is 2.43. The summed E-state index contributed by atoms with van der Waals surface area (Å²) in [4.78, 5) is 32.6. The van der Waals surface area contributed by atoms with Gasteiger partial charge >= 0.3 is 19.8 Å². The van der Waals surface area contributed by atoms with Gasteiger partial charge in [-0.05, 0) is 25.0 Å². The number of hydrogen-bond donors (Lipinski definition) is 1. The molecule has 0 rings (SSSR count). The van der Waals surface area contributed by atoms with Crippen LogP contribution in [0.25, 0.3) is 0 Å². The molecule has 0 bridgehead atoms. The van der Waals surface area contributed by atoms with Crippen LogP contribution in [0.15, 0.2) is 0 Å². The van der Waals surface area contributed by atoms with Crippen molar-refractivity contribution in [3.8, 4) is 0 Å². The molecule has 0 amide bonds. The number of carbonyl (C=O) groups is 2. The van der Waals surface area contributed by atoms with E-state index in [1.54, 1.807) is 0 Å². The Labute approximate surface area is 272 Å². The average Bonchev–Trinajstić information content (AvgIpc) is 2.95. The van der Waals surface area contributed by atoms with Crippen molar-refractivity contribution < 1.29 is 46.8 Å². The van der Waals surface area contributed by atoms with Gasteiger partial charge in [-0.2, -0.15) is 11.8 Å². The number of nitrogens with zero attached hydrogens (tertiary/aromatic N) is 1. The fraction of sp³-hybridized carbons (Fsp3) is 0.938. The van der Waals surface area contributed by atoms with E-state index in [0.29, 0.717) is 30.0 Å². The van der Waals surface area contributed by atoms with Crippen LogP contribution in [0.2, 0.25) is 0 Å². The summed E-state index contributed by atoms with van der Waals surface area (Å²) < 4.78 is 39.1. The number of phosphoric ester groups is 1. The fourth-order valence-electron chi connectivity index (χ4n) is 4.28. The van der Waals surface area contributed by atoms with Gasteiger partial charge in [0.05, 0.1) is 47.6 Å². The van der Waals surface area contributed by atoms with Crippen molar-refractivity contribution in [2.24, 2.45) is 0 Å². The number of unbranched alkanes of at least 4 members (excludes halogenated alkanes) is 14. The lowest BCUT2D eigenvalue weighted by molar-refractivity contribution is -0.870. The molecule has 12 heteroatoms. The van der Waals surface area contributed by atoms with Crippen molar-refractivity contribution in [2.75, 3.05) is 72.7 Å². The monoisotopic (exact) mass is 670 g/mol. The summed E-state index contributed by atoms with van der Waals surface area (Å²) in [5.74, 6) is 0.617. The molecule has 0 aliphatic carbocycles. The minimum Gasteiger partial charge on any atom is -0.469 e. The molecule has 2 atom stereocenters. The number of quaternary nitrogens is 1. The number of likely N-dealkylation sites (N-methyl/N-ethyl adjacent to an activating group) is 1. The van der Waals surface area contributed by atoms with Gasteiger partial charge in [0.25, 0.3) is 0 Å². The lowest BCUT2D eigenvalue weighted by atomic mass is 10.1. The number of thioether (sulfide) groups is 1. The topological polar surface area (TPSA) is 118 Å². The zero-order chi connectivity index (χ0) is 32.9. The molecule has 262 valence electrons. The third-order valence-corrected chi connectivity index (χ3v) is 9.23. The molecule has 0 aliphatic heterocycles. The summed E-state index contributed by atoms with van der Waals surface area (Å²) in [5, 5.41) is 0. The van der Waals surface area contributed by atoms with Crippen LogP contribution in [0.3, 0.4) is 0 Å². The van der Waals surface area contributed by atoms with Crippen LogP contribution < -0.4 is 0 Å². The summed E-state index contributed by atoms with van der Waals surface area (Å²) >= 11 is 1.82. The van der Waals surface area contributed by atoms with Crippen LogP contribution in [0.4, 0.5) is 0 Å². The summed E-state index contributed by atoms with van der Waals surface area (Å²) in [6, 6.07) is 0. The first-order chi connectivity index (χ1) is 21.0. The molecule has 0 aromatic rings. The van der Waals surface area contributed by atoms with Crippen LogP contribution in [0, 0.1) is 0 Å². The zero-order valence-corrected chi connectivity index (χ0v) is 30.3. The molecule has 0 aromatic heterocycles. The third kappa shape index (κ3) is 31.3. The van der Waals surface area contributed by atoms with Gasteiger partial charge in [-0.3, -0.25) is 18.6 Å². The van der Waals surface area contributed by atoms with Crippen molar-refractivity contribution in [3.63, 3.8) is 0 Å². The van der Waals surface area contributed by atoms with E-state index in [1.807, 2.05) is 32.9 Å². The van der Waals surface area contributed by atoms with Crippen molar-refractivity contribution in [2.45, 2.75) is 122 Å². The average molecular weight is 671 g/mol. The maximum atomic E-state index is 12.4. The van der Waals surface area contributed by atoms with Crippen LogP contribution in [-0.4, -0.2) is 100 Å². The van der Waals surface area contributed by atoms with Crippen LogP contribution in [0.5, 0.6) is 0 Å². The van der Waals surface area contributed by atoms with Gasteiger partial charge in [0.2, 0.25) is 0 Å². The van der Waals surface area contributed by atoms with E-state index in [4.69, 9.17) is 18.5 Å². The second-order valence-electron chi connectivity index (χ2n) is 12.5. The predicted octanol–water partition coefficient (Wildman–Crippen LogP) is 7.31. The minimum absolute atomic E-state index is 0.0257. The molecule has 44 heavy (non-hydrogen) atoms. The van der Waals surface area contributed by atoms with E-state index in [9.17, 15) is 19.0 Å². The molecule has 0 aliphatic rings. The Bertz CT molecular complexity index is 752. The molecule has 0 saturated carbocycles. The van der Waals surface area contributed by atoms with Gasteiger partial charge < -0.3 is 23.6 Å². The molecule has 10 nitrogen and oxygen atoms in total. The number of rotatable bonds is 32. The highest BCUT2D eigenvalue weighted by molar-refractivity contribution is 7.99. The molecule has 0 saturated heterocycles. The number of ether oxygens (including phenoxy) is 3. The van der Waals surface area contributed by atoms with Crippen LogP contribution in [0.1, 0.15) is 116 Å². The van der Waals surface area contributed by atoms with Gasteiger partial charge in [-0.25, -0.2) is 4.57 Å². The lowest BCUT2D eigenvalue weighted by Gasteiger charge is -2.24. The first-order valence-electron chi connectivity index (χ1n) is 16.8. The van der Waals surface area contributed by atoms with Gasteiger partial charge in [0, 0.05) is 12.4 Å². The highest BCUT2D eigenvalue weighted by Gasteiger charge is 2.25. The first-order valence-corrected chi connectivity index (χ1v) is 19.5. The van der Waals surface area contributed by atoms with Crippen LogP contribution in [-0.2, 0) is 37.4 Å². The molecular formula is C32H65NO9PS+. The van der Waals surface area contributed by atoms with E-state index in [2.05, 4.69) is 11.7 Å². The largest absolute Gasteiger partial charge is 0.472 e. The Morgan fingerprint density at radius 3 is 1.86 bits per heavy atom. The fourth-order valence-corrected chi connectivity index (χ4v) is 6.06. The molecule has 2 unspecified atom stereocenters. The summed E-state index contributed by atoms with van der Waals surface area (Å²) in [6.45, 7) is 3.90. The second kappa shape index (κ2) is 28.5. The quantitative estimate of drug-likeness (QED) is 0.0257. The molecule has 0 aromatic carbocycles. The van der Waals surface area contributed by atoms with E-state index in [0.717, 1.165) is 44.3 Å². The molecular weight excluding hydrogens is 605 g/mol. The van der Waals surface area contributed by atoms with Crippen molar-refractivity contribution in [3.05, 3.63) is 0 Å². The number of methoxy groups -OCH3 is 1. The van der Waals surface area contributed by atoms with Crippen molar-refractivity contribution in [1.82, 2.24) is 0 Å².